The maximum absolute atomic E-state index is 13.5. The monoisotopic (exact) mass is 554 g/mol. The first-order chi connectivity index (χ1) is 19.0. The number of fused-ring (bicyclic) bond motifs is 1. The first-order valence-electron chi connectivity index (χ1n) is 12.7. The quantitative estimate of drug-likeness (QED) is 0.124. The second-order valence-corrected chi connectivity index (χ2v) is 9.81. The average molecular weight is 555 g/mol. The number of rotatable bonds is 14. The van der Waals surface area contributed by atoms with E-state index in [-0.39, 0.29) is 12.8 Å². The van der Waals surface area contributed by atoms with Gasteiger partial charge < -0.3 is 42.5 Å². The number of imidazole rings is 1. The van der Waals surface area contributed by atoms with E-state index in [4.69, 9.17) is 11.5 Å². The normalized spacial score (nSPS) is 14.2. The van der Waals surface area contributed by atoms with Gasteiger partial charge in [-0.15, -0.1) is 0 Å². The molecule has 214 valence electrons. The number of aliphatic carboxylic acids is 1. The number of hydrogen-bond acceptors (Lipinski definition) is 7. The van der Waals surface area contributed by atoms with Gasteiger partial charge in [0.15, 0.2) is 0 Å². The molecule has 0 spiro atoms. The van der Waals surface area contributed by atoms with E-state index in [9.17, 15) is 29.1 Å². The fourth-order valence-corrected chi connectivity index (χ4v) is 4.18. The molecule has 0 bridgehead atoms. The van der Waals surface area contributed by atoms with Crippen LogP contribution in [0.15, 0.2) is 43.0 Å². The maximum Gasteiger partial charge on any atom is 0.326 e. The van der Waals surface area contributed by atoms with Crippen LogP contribution >= 0.6 is 0 Å². The maximum atomic E-state index is 13.5. The van der Waals surface area contributed by atoms with Gasteiger partial charge in [-0.05, 0) is 17.5 Å². The predicted octanol–water partition coefficient (Wildman–Crippen LogP) is -0.926. The summed E-state index contributed by atoms with van der Waals surface area (Å²) in [6, 6.07) is 2.52. The first kappa shape index (κ1) is 29.8. The van der Waals surface area contributed by atoms with Crippen molar-refractivity contribution in [3.05, 3.63) is 54.2 Å². The topological polar surface area (TPSA) is 238 Å². The number of carboxylic acid groups (broad SMARTS) is 1. The summed E-state index contributed by atoms with van der Waals surface area (Å²) in [6.07, 6.45) is 4.12. The SMILES string of the molecule is CC(C)C(NC(=O)C(Cc1c[nH]c2ccccc12)NC(=O)C(N)CC(N)=O)C(=O)NC(Cc1cnc[nH]1)C(=O)O. The van der Waals surface area contributed by atoms with Gasteiger partial charge in [-0.1, -0.05) is 32.0 Å². The lowest BCUT2D eigenvalue weighted by Gasteiger charge is -2.27. The summed E-state index contributed by atoms with van der Waals surface area (Å²) < 4.78 is 0. The molecule has 4 atom stereocenters. The molecule has 10 N–H and O–H groups in total. The second-order valence-electron chi connectivity index (χ2n) is 9.81. The minimum Gasteiger partial charge on any atom is -0.480 e. The van der Waals surface area contributed by atoms with Crippen molar-refractivity contribution in [3.63, 3.8) is 0 Å². The summed E-state index contributed by atoms with van der Waals surface area (Å²) in [5.74, 6) is -4.65. The van der Waals surface area contributed by atoms with E-state index in [1.165, 1.54) is 12.5 Å². The Bertz CT molecular complexity index is 1350. The Morgan fingerprint density at radius 2 is 1.65 bits per heavy atom. The van der Waals surface area contributed by atoms with E-state index < -0.39 is 66.1 Å². The van der Waals surface area contributed by atoms with Crippen molar-refractivity contribution < 1.29 is 29.1 Å². The Morgan fingerprint density at radius 1 is 0.950 bits per heavy atom. The molecule has 0 saturated heterocycles. The Balaban J connectivity index is 1.80. The number of benzene rings is 1. The van der Waals surface area contributed by atoms with E-state index in [0.29, 0.717) is 5.69 Å². The number of hydrogen-bond donors (Lipinski definition) is 8. The van der Waals surface area contributed by atoms with Crippen LogP contribution in [0.1, 0.15) is 31.5 Å². The van der Waals surface area contributed by atoms with Gasteiger partial charge in [-0.2, -0.15) is 0 Å². The van der Waals surface area contributed by atoms with Gasteiger partial charge in [-0.25, -0.2) is 9.78 Å². The Labute approximate surface area is 229 Å². The number of para-hydroxylation sites is 1. The number of carbonyl (C=O) groups excluding carboxylic acids is 4. The first-order valence-corrected chi connectivity index (χ1v) is 12.7. The smallest absolute Gasteiger partial charge is 0.326 e. The lowest BCUT2D eigenvalue weighted by atomic mass is 9.99. The molecule has 0 radical (unpaired) electrons. The molecule has 0 aliphatic heterocycles. The van der Waals surface area contributed by atoms with Crippen LogP contribution in [0.2, 0.25) is 0 Å². The second kappa shape index (κ2) is 13.4. The summed E-state index contributed by atoms with van der Waals surface area (Å²) in [6.45, 7) is 3.37. The third-order valence-electron chi connectivity index (χ3n) is 6.33. The van der Waals surface area contributed by atoms with Gasteiger partial charge in [0, 0.05) is 41.8 Å². The summed E-state index contributed by atoms with van der Waals surface area (Å²) in [5, 5.41) is 18.1. The average Bonchev–Trinajstić information content (AvgIpc) is 3.55. The Morgan fingerprint density at radius 3 is 2.27 bits per heavy atom. The van der Waals surface area contributed by atoms with Crippen molar-refractivity contribution in [3.8, 4) is 0 Å². The molecule has 0 aliphatic carbocycles. The molecule has 0 aliphatic rings. The number of aromatic nitrogens is 3. The summed E-state index contributed by atoms with van der Waals surface area (Å²) >= 11 is 0. The lowest BCUT2D eigenvalue weighted by molar-refractivity contribution is -0.142. The number of nitrogens with one attached hydrogen (secondary N) is 5. The number of aromatic amines is 2. The highest BCUT2D eigenvalue weighted by atomic mass is 16.4. The van der Waals surface area contributed by atoms with Crippen LogP contribution < -0.4 is 27.4 Å². The van der Waals surface area contributed by atoms with Crippen LogP contribution in [0, 0.1) is 5.92 Å². The number of primary amides is 1. The van der Waals surface area contributed by atoms with E-state index in [1.807, 2.05) is 24.3 Å². The van der Waals surface area contributed by atoms with Crippen LogP contribution in [0.4, 0.5) is 0 Å². The molecular weight excluding hydrogens is 520 g/mol. The van der Waals surface area contributed by atoms with Gasteiger partial charge in [0.05, 0.1) is 18.8 Å². The van der Waals surface area contributed by atoms with E-state index in [1.54, 1.807) is 20.0 Å². The highest BCUT2D eigenvalue weighted by Crippen LogP contribution is 2.19. The van der Waals surface area contributed by atoms with Gasteiger partial charge in [-0.3, -0.25) is 19.2 Å². The van der Waals surface area contributed by atoms with Crippen LogP contribution in [0.25, 0.3) is 10.9 Å². The lowest BCUT2D eigenvalue weighted by Crippen LogP contribution is -2.59. The molecule has 40 heavy (non-hydrogen) atoms. The van der Waals surface area contributed by atoms with Crippen molar-refractivity contribution in [1.82, 2.24) is 30.9 Å². The highest BCUT2D eigenvalue weighted by Gasteiger charge is 2.32. The molecule has 3 rings (SSSR count). The van der Waals surface area contributed by atoms with Crippen LogP contribution in [0.5, 0.6) is 0 Å². The molecule has 14 heteroatoms. The zero-order valence-electron chi connectivity index (χ0n) is 22.1. The van der Waals surface area contributed by atoms with Crippen molar-refractivity contribution in [2.75, 3.05) is 0 Å². The largest absolute Gasteiger partial charge is 0.480 e. The van der Waals surface area contributed by atoms with Crippen molar-refractivity contribution in [2.24, 2.45) is 17.4 Å². The van der Waals surface area contributed by atoms with Gasteiger partial charge in [0.1, 0.15) is 18.1 Å². The molecule has 0 fully saturated rings. The van der Waals surface area contributed by atoms with Gasteiger partial charge >= 0.3 is 5.97 Å². The number of nitrogens with zero attached hydrogens (tertiary/aromatic N) is 1. The summed E-state index contributed by atoms with van der Waals surface area (Å²) in [5.41, 5.74) is 13.0. The standard InChI is InChI=1S/C26H34N8O6/c1-13(2)22(25(38)33-20(26(39)40)8-15-11-29-12-31-15)34-24(37)19(32-23(36)17(27)9-21(28)35)7-14-10-30-18-6-4-3-5-16(14)18/h3-6,10-13,17,19-20,22,30H,7-9,27H2,1-2H3,(H2,28,35)(H,29,31)(H,32,36)(H,33,38)(H,34,37)(H,39,40). The number of carbonyl (C=O) groups is 5. The van der Waals surface area contributed by atoms with Gasteiger partial charge in [0.25, 0.3) is 0 Å². The molecule has 1 aromatic carbocycles. The highest BCUT2D eigenvalue weighted by molar-refractivity contribution is 5.95. The number of nitrogens with two attached hydrogens (primary N) is 2. The minimum atomic E-state index is -1.28. The Kier molecular flexibility index (Phi) is 9.97. The molecule has 3 aromatic rings. The minimum absolute atomic E-state index is 0.0366. The molecule has 2 heterocycles. The van der Waals surface area contributed by atoms with Crippen LogP contribution in [-0.4, -0.2) is 73.8 Å². The van der Waals surface area contributed by atoms with Crippen molar-refractivity contribution in [2.45, 2.75) is 57.3 Å². The molecule has 0 saturated carbocycles. The number of carboxylic acids is 1. The molecule has 2 aromatic heterocycles. The fourth-order valence-electron chi connectivity index (χ4n) is 4.18. The zero-order valence-corrected chi connectivity index (χ0v) is 22.1. The predicted molar refractivity (Wildman–Crippen MR) is 144 cm³/mol. The molecule has 14 nitrogen and oxygen atoms in total. The van der Waals surface area contributed by atoms with E-state index in [2.05, 4.69) is 30.9 Å². The summed E-state index contributed by atoms with van der Waals surface area (Å²) in [7, 11) is 0. The summed E-state index contributed by atoms with van der Waals surface area (Å²) in [4.78, 5) is 72.2. The third-order valence-corrected chi connectivity index (χ3v) is 6.33. The van der Waals surface area contributed by atoms with Gasteiger partial charge in [0.2, 0.25) is 23.6 Å². The molecule has 4 unspecified atom stereocenters. The van der Waals surface area contributed by atoms with E-state index >= 15 is 0 Å². The van der Waals surface area contributed by atoms with Crippen molar-refractivity contribution >= 4 is 40.5 Å². The van der Waals surface area contributed by atoms with Crippen LogP contribution in [0.3, 0.4) is 0 Å². The zero-order chi connectivity index (χ0) is 29.4. The number of H-pyrrole nitrogens is 2. The Hall–Kier alpha value is -4.72. The third kappa shape index (κ3) is 7.89. The molecular formula is C26H34N8O6. The number of amides is 4. The van der Waals surface area contributed by atoms with E-state index in [0.717, 1.165) is 16.5 Å². The fraction of sp³-hybridized carbons (Fsp3) is 0.385. The van der Waals surface area contributed by atoms with Crippen molar-refractivity contribution in [1.29, 1.82) is 0 Å². The molecule has 4 amide bonds. The van der Waals surface area contributed by atoms with Crippen LogP contribution in [-0.2, 0) is 36.8 Å².